The molecular weight excluding hydrogens is 771 g/mol. The van der Waals surface area contributed by atoms with Crippen LogP contribution < -0.4 is 15.8 Å². The number of aromatic nitrogens is 2. The van der Waals surface area contributed by atoms with Gasteiger partial charge in [-0.25, -0.2) is 14.6 Å². The molecule has 3 aromatic rings. The number of nitrogens with one attached hydrogen (secondary N) is 2. The Hall–Kier alpha value is -5.75. The van der Waals surface area contributed by atoms with Crippen molar-refractivity contribution in [1.29, 1.82) is 0 Å². The summed E-state index contributed by atoms with van der Waals surface area (Å²) in [5, 5.41) is 34.2. The molecule has 2 aromatic carbocycles. The van der Waals surface area contributed by atoms with Crippen molar-refractivity contribution in [3.05, 3.63) is 69.3 Å². The second-order valence-corrected chi connectivity index (χ2v) is 18.6. The number of amides is 2. The number of carbonyl (C=O) groups is 5. The molecule has 5 N–H and O–H groups in total. The Kier molecular flexibility index (Phi) is 14.0. The number of nitrogens with zero attached hydrogens (tertiary/aromatic N) is 3. The smallest absolute Gasteiger partial charge is 0.330 e. The number of hydrogen-bond donors (Lipinski definition) is 5. The van der Waals surface area contributed by atoms with Gasteiger partial charge >= 0.3 is 17.9 Å². The van der Waals surface area contributed by atoms with E-state index in [1.54, 1.807) is 86.6 Å². The largest absolute Gasteiger partial charge is 0.481 e. The summed E-state index contributed by atoms with van der Waals surface area (Å²) in [7, 11) is 1.52. The zero-order valence-electron chi connectivity index (χ0n) is 36.3. The summed E-state index contributed by atoms with van der Waals surface area (Å²) in [5.41, 5.74) is -2.18. The Morgan fingerprint density at radius 3 is 2.13 bits per heavy atom. The minimum absolute atomic E-state index is 0.148. The van der Waals surface area contributed by atoms with Gasteiger partial charge in [0.1, 0.15) is 24.0 Å². The summed E-state index contributed by atoms with van der Waals surface area (Å²) in [4.78, 5) is 89.8. The highest BCUT2D eigenvalue weighted by Gasteiger charge is 2.64. The first-order valence-electron chi connectivity index (χ1n) is 20.0. The number of fused-ring (bicyclic) bond motifs is 2. The van der Waals surface area contributed by atoms with Crippen LogP contribution in [0.3, 0.4) is 0 Å². The summed E-state index contributed by atoms with van der Waals surface area (Å²) in [6.45, 7) is 15.5. The van der Waals surface area contributed by atoms with Crippen molar-refractivity contribution in [2.24, 2.45) is 16.7 Å². The van der Waals surface area contributed by atoms with E-state index in [2.05, 4.69) is 21.2 Å². The van der Waals surface area contributed by atoms with Crippen molar-refractivity contribution in [2.45, 2.75) is 124 Å². The molecule has 15 heteroatoms. The molecule has 0 saturated heterocycles. The van der Waals surface area contributed by atoms with E-state index in [-0.39, 0.29) is 36.7 Å². The maximum atomic E-state index is 14.4. The van der Waals surface area contributed by atoms with Crippen molar-refractivity contribution < 1.29 is 44.0 Å². The van der Waals surface area contributed by atoms with Crippen LogP contribution in [0.5, 0.6) is 0 Å². The fourth-order valence-electron chi connectivity index (χ4n) is 8.89. The van der Waals surface area contributed by atoms with Crippen LogP contribution in [0.1, 0.15) is 121 Å². The van der Waals surface area contributed by atoms with Gasteiger partial charge in [0, 0.05) is 36.2 Å². The number of carboxylic acid groups (broad SMARTS) is 3. The lowest BCUT2D eigenvalue weighted by molar-refractivity contribution is -0.193. The quantitative estimate of drug-likeness (QED) is 0.108. The number of carbonyl (C=O) groups excluding carboxylic acids is 2. The maximum absolute atomic E-state index is 14.4. The van der Waals surface area contributed by atoms with Gasteiger partial charge in [-0.3, -0.25) is 19.2 Å². The van der Waals surface area contributed by atoms with E-state index in [1.807, 2.05) is 17.0 Å². The molecule has 60 heavy (non-hydrogen) atoms. The number of aryl methyl sites for hydroxylation is 1. The van der Waals surface area contributed by atoms with Crippen molar-refractivity contribution in [2.75, 3.05) is 18.6 Å². The van der Waals surface area contributed by atoms with Gasteiger partial charge in [-0.1, -0.05) is 47.5 Å². The first-order valence-corrected chi connectivity index (χ1v) is 20.0. The van der Waals surface area contributed by atoms with Gasteiger partial charge in [0.25, 0.3) is 11.5 Å². The van der Waals surface area contributed by atoms with Crippen LogP contribution in [-0.4, -0.2) is 90.7 Å². The molecule has 4 atom stereocenters. The molecule has 1 aromatic heterocycles. The molecule has 1 aliphatic carbocycles. The van der Waals surface area contributed by atoms with Crippen LogP contribution in [0.15, 0.2) is 41.2 Å². The highest BCUT2D eigenvalue weighted by Crippen LogP contribution is 2.52. The molecule has 2 amide bonds. The average Bonchev–Trinajstić information content (AvgIpc) is 3.53. The lowest BCUT2D eigenvalue weighted by Gasteiger charge is -2.60. The molecule has 4 rings (SSSR count). The molecule has 1 heterocycles. The summed E-state index contributed by atoms with van der Waals surface area (Å²) in [6, 6.07) is 8.56. The van der Waals surface area contributed by atoms with Gasteiger partial charge in [-0.2, -0.15) is 0 Å². The van der Waals surface area contributed by atoms with Gasteiger partial charge < -0.3 is 40.2 Å². The maximum Gasteiger partial charge on any atom is 0.330 e. The first-order chi connectivity index (χ1) is 27.8. The fraction of sp³-hybridized carbons (Fsp3) is 0.533. The third-order valence-corrected chi connectivity index (χ3v) is 11.4. The Bertz CT molecular complexity index is 2220. The highest BCUT2D eigenvalue weighted by molar-refractivity contribution is 5.97. The summed E-state index contributed by atoms with van der Waals surface area (Å²) >= 11 is 0. The Balaban J connectivity index is 1.59. The average molecular weight is 830 g/mol. The van der Waals surface area contributed by atoms with E-state index in [0.29, 0.717) is 28.8 Å². The highest BCUT2D eigenvalue weighted by atomic mass is 16.5. The predicted octanol–water partition coefficient (Wildman–Crippen LogP) is 5.79. The lowest BCUT2D eigenvalue weighted by atomic mass is 9.56. The number of carboxylic acids is 3. The molecule has 2 unspecified atom stereocenters. The Morgan fingerprint density at radius 2 is 1.63 bits per heavy atom. The summed E-state index contributed by atoms with van der Waals surface area (Å²) < 4.78 is 5.13. The van der Waals surface area contributed by atoms with Crippen LogP contribution in [0.25, 0.3) is 10.9 Å². The van der Waals surface area contributed by atoms with E-state index in [4.69, 9.17) is 11.2 Å². The van der Waals surface area contributed by atoms with Crippen molar-refractivity contribution >= 4 is 46.3 Å². The number of hydrogen-bond acceptors (Lipinski definition) is 9. The number of rotatable bonds is 16. The molecule has 0 saturated carbocycles. The minimum Gasteiger partial charge on any atom is -0.481 e. The number of terminal acetylenes is 1. The van der Waals surface area contributed by atoms with E-state index in [1.165, 1.54) is 12.0 Å². The minimum atomic E-state index is -2.05. The Morgan fingerprint density at radius 1 is 1.00 bits per heavy atom. The molecule has 15 nitrogen and oxygen atoms in total. The standard InChI is InChI=1S/C45H59N5O10/c1-12-21-49(33-19-15-27-22-32-30(23-29(27)33)39(55)48-35(46-32)25-60-11)28-16-13-26(14-17-28)38(54)47-31(40(56)57)18-20-36(51)50(44(8,9)10)45(41(58)59,43(5,6)7)34(24-37(52)53)42(2,3)4/h1,13-14,16-17,22-23,31,33-34H,15,18-21,24-25H2,2-11H3,(H,47,54)(H,52,53)(H,56,57)(H,58,59)(H,46,48,55)/t31-,33?,34?,45+/m0/s1. The predicted molar refractivity (Wildman–Crippen MR) is 227 cm³/mol. The Labute approximate surface area is 350 Å². The SMILES string of the molecule is C#CCN(c1ccc(C(=O)N[C@@H](CCC(=O)N(C(C)(C)C)[C@@](C(=O)O)(C(CC(=O)O)C(C)(C)C)C(C)(C)C)C(=O)O)cc1)C1CCc2cc3nc(COC)[nH]c(=O)c3cc21. The number of aromatic amines is 1. The van der Waals surface area contributed by atoms with Crippen LogP contribution >= 0.6 is 0 Å². The number of anilines is 1. The van der Waals surface area contributed by atoms with Gasteiger partial charge in [0.05, 0.1) is 29.9 Å². The first kappa shape index (κ1) is 46.9. The van der Waals surface area contributed by atoms with Crippen molar-refractivity contribution in [3.8, 4) is 12.3 Å². The third kappa shape index (κ3) is 9.65. The van der Waals surface area contributed by atoms with Gasteiger partial charge in [-0.05, 0) is 98.4 Å². The molecule has 324 valence electrons. The number of ether oxygens (including phenoxy) is 1. The van der Waals surface area contributed by atoms with Crippen LogP contribution in [-0.2, 0) is 36.9 Å². The third-order valence-electron chi connectivity index (χ3n) is 11.4. The summed E-state index contributed by atoms with van der Waals surface area (Å²) in [5.74, 6) is -3.34. The van der Waals surface area contributed by atoms with Crippen LogP contribution in [0.2, 0.25) is 0 Å². The monoisotopic (exact) mass is 829 g/mol. The molecule has 0 fully saturated rings. The number of aliphatic carboxylic acids is 3. The number of benzene rings is 2. The molecule has 0 spiro atoms. The van der Waals surface area contributed by atoms with Crippen LogP contribution in [0.4, 0.5) is 5.69 Å². The molecule has 0 aliphatic heterocycles. The lowest BCUT2D eigenvalue weighted by Crippen LogP contribution is -2.74. The topological polar surface area (TPSA) is 220 Å². The fourth-order valence-corrected chi connectivity index (χ4v) is 8.89. The summed E-state index contributed by atoms with van der Waals surface area (Å²) in [6.07, 6.45) is 5.88. The molecular formula is C45H59N5O10. The van der Waals surface area contributed by atoms with E-state index in [9.17, 15) is 44.1 Å². The molecule has 1 aliphatic rings. The van der Waals surface area contributed by atoms with E-state index < -0.39 is 76.4 Å². The number of H-pyrrole nitrogens is 1. The van der Waals surface area contributed by atoms with Crippen LogP contribution in [0, 0.1) is 29.1 Å². The number of methoxy groups -OCH3 is 1. The van der Waals surface area contributed by atoms with E-state index >= 15 is 0 Å². The molecule has 0 bridgehead atoms. The van der Waals surface area contributed by atoms with Gasteiger partial charge in [0.15, 0.2) is 0 Å². The van der Waals surface area contributed by atoms with Gasteiger partial charge in [-0.15, -0.1) is 6.42 Å². The van der Waals surface area contributed by atoms with E-state index in [0.717, 1.165) is 17.5 Å². The van der Waals surface area contributed by atoms with Crippen molar-refractivity contribution in [1.82, 2.24) is 20.2 Å². The second-order valence-electron chi connectivity index (χ2n) is 18.6. The second kappa shape index (κ2) is 17.8. The zero-order chi connectivity index (χ0) is 45.1. The van der Waals surface area contributed by atoms with Gasteiger partial charge in [0.2, 0.25) is 5.91 Å². The molecule has 0 radical (unpaired) electrons. The normalized spacial score (nSPS) is 16.2. The van der Waals surface area contributed by atoms with Crippen molar-refractivity contribution in [3.63, 3.8) is 0 Å². The zero-order valence-corrected chi connectivity index (χ0v) is 36.3.